The summed E-state index contributed by atoms with van der Waals surface area (Å²) >= 11 is 3.28. The van der Waals surface area contributed by atoms with Crippen LogP contribution in [0.2, 0.25) is 0 Å². The van der Waals surface area contributed by atoms with Gasteiger partial charge in [-0.3, -0.25) is 4.79 Å². The average Bonchev–Trinajstić information content (AvgIpc) is 2.82. The van der Waals surface area contributed by atoms with Crippen LogP contribution in [0, 0.1) is 0 Å². The first kappa shape index (κ1) is 12.9. The molecule has 5 heteroatoms. The molecule has 0 fully saturated rings. The highest BCUT2D eigenvalue weighted by molar-refractivity contribution is 9.10. The Morgan fingerprint density at radius 2 is 2.05 bits per heavy atom. The fourth-order valence-corrected chi connectivity index (χ4v) is 2.46. The average molecular weight is 330 g/mol. The molecular formula is C15H12BrN3O. The summed E-state index contributed by atoms with van der Waals surface area (Å²) in [5.74, 6) is 0.463. The molecule has 0 saturated carbocycles. The normalized spacial score (nSPS) is 10.7. The van der Waals surface area contributed by atoms with Crippen LogP contribution in [0.5, 0.6) is 0 Å². The number of anilines is 1. The van der Waals surface area contributed by atoms with Crippen molar-refractivity contribution in [1.82, 2.24) is 9.97 Å². The molecule has 0 atom stereocenters. The largest absolute Gasteiger partial charge is 0.361 e. The quantitative estimate of drug-likeness (QED) is 0.722. The van der Waals surface area contributed by atoms with Gasteiger partial charge < -0.3 is 10.3 Å². The van der Waals surface area contributed by atoms with Crippen molar-refractivity contribution in [3.05, 3.63) is 58.8 Å². The van der Waals surface area contributed by atoms with Gasteiger partial charge in [-0.2, -0.15) is 0 Å². The second kappa shape index (κ2) is 5.46. The highest BCUT2D eigenvalue weighted by Crippen LogP contribution is 2.18. The zero-order valence-electron chi connectivity index (χ0n) is 10.6. The lowest BCUT2D eigenvalue weighted by molar-refractivity contribution is -0.115. The molecule has 3 aromatic rings. The van der Waals surface area contributed by atoms with Gasteiger partial charge in [0.2, 0.25) is 5.91 Å². The first-order valence-electron chi connectivity index (χ1n) is 6.20. The minimum Gasteiger partial charge on any atom is -0.361 e. The van der Waals surface area contributed by atoms with Gasteiger partial charge in [0, 0.05) is 17.1 Å². The van der Waals surface area contributed by atoms with Crippen molar-refractivity contribution in [3.8, 4) is 0 Å². The highest BCUT2D eigenvalue weighted by Gasteiger charge is 2.09. The van der Waals surface area contributed by atoms with Crippen LogP contribution in [0.25, 0.3) is 10.9 Å². The topological polar surface area (TPSA) is 57.8 Å². The van der Waals surface area contributed by atoms with Crippen LogP contribution in [0.15, 0.2) is 53.3 Å². The summed E-state index contributed by atoms with van der Waals surface area (Å²) in [7, 11) is 0. The first-order chi connectivity index (χ1) is 9.72. The monoisotopic (exact) mass is 329 g/mol. The number of halogens is 1. The van der Waals surface area contributed by atoms with Crippen molar-refractivity contribution >= 4 is 38.6 Å². The molecule has 1 aromatic carbocycles. The Hall–Kier alpha value is -2.14. The number of fused-ring (bicyclic) bond motifs is 1. The Balaban J connectivity index is 1.76. The molecule has 3 rings (SSSR count). The van der Waals surface area contributed by atoms with Crippen LogP contribution in [-0.4, -0.2) is 15.9 Å². The molecule has 0 spiro atoms. The van der Waals surface area contributed by atoms with Crippen LogP contribution in [0.3, 0.4) is 0 Å². The van der Waals surface area contributed by atoms with Crippen molar-refractivity contribution in [2.24, 2.45) is 0 Å². The Labute approximate surface area is 124 Å². The molecule has 0 aliphatic carbocycles. The minimum absolute atomic E-state index is 0.0830. The Morgan fingerprint density at radius 1 is 1.20 bits per heavy atom. The summed E-state index contributed by atoms with van der Waals surface area (Å²) in [4.78, 5) is 19.4. The fourth-order valence-electron chi connectivity index (χ4n) is 2.12. The van der Waals surface area contributed by atoms with Gasteiger partial charge in [0.05, 0.1) is 6.42 Å². The summed E-state index contributed by atoms with van der Waals surface area (Å²) < 4.78 is 0.697. The third-order valence-electron chi connectivity index (χ3n) is 3.01. The van der Waals surface area contributed by atoms with Crippen LogP contribution < -0.4 is 5.32 Å². The Kier molecular flexibility index (Phi) is 3.52. The van der Waals surface area contributed by atoms with Crippen LogP contribution in [-0.2, 0) is 11.2 Å². The lowest BCUT2D eigenvalue weighted by atomic mass is 10.1. The number of hydrogen-bond acceptors (Lipinski definition) is 2. The first-order valence-corrected chi connectivity index (χ1v) is 6.99. The number of pyridine rings is 1. The van der Waals surface area contributed by atoms with Gasteiger partial charge in [-0.1, -0.05) is 24.3 Å². The van der Waals surface area contributed by atoms with Gasteiger partial charge in [-0.15, -0.1) is 0 Å². The van der Waals surface area contributed by atoms with Crippen molar-refractivity contribution < 1.29 is 4.79 Å². The smallest absolute Gasteiger partial charge is 0.230 e. The SMILES string of the molecule is O=C(Cc1c[nH]c2ccccc12)Nc1cccc(Br)n1. The van der Waals surface area contributed by atoms with E-state index >= 15 is 0 Å². The molecule has 100 valence electrons. The van der Waals surface area contributed by atoms with Gasteiger partial charge in [-0.05, 0) is 39.7 Å². The van der Waals surface area contributed by atoms with E-state index < -0.39 is 0 Å². The predicted molar refractivity (Wildman–Crippen MR) is 82.6 cm³/mol. The van der Waals surface area contributed by atoms with E-state index in [1.54, 1.807) is 6.07 Å². The van der Waals surface area contributed by atoms with Gasteiger partial charge in [0.15, 0.2) is 0 Å². The van der Waals surface area contributed by atoms with E-state index in [9.17, 15) is 4.79 Å². The molecule has 0 bridgehead atoms. The highest BCUT2D eigenvalue weighted by atomic mass is 79.9. The molecule has 2 heterocycles. The standard InChI is InChI=1S/C15H12BrN3O/c16-13-6-3-7-14(18-13)19-15(20)8-10-9-17-12-5-2-1-4-11(10)12/h1-7,9,17H,8H2,(H,18,19,20). The van der Waals surface area contributed by atoms with E-state index in [-0.39, 0.29) is 5.91 Å². The van der Waals surface area contributed by atoms with Gasteiger partial charge in [-0.25, -0.2) is 4.98 Å². The molecule has 0 saturated heterocycles. The lowest BCUT2D eigenvalue weighted by Crippen LogP contribution is -2.15. The Bertz CT molecular complexity index is 766. The minimum atomic E-state index is -0.0830. The molecule has 1 amide bonds. The number of nitrogens with zero attached hydrogens (tertiary/aromatic N) is 1. The zero-order chi connectivity index (χ0) is 13.9. The maximum atomic E-state index is 12.1. The molecule has 0 unspecified atom stereocenters. The number of benzene rings is 1. The third-order valence-corrected chi connectivity index (χ3v) is 3.45. The summed E-state index contributed by atoms with van der Waals surface area (Å²) in [6.45, 7) is 0. The molecule has 0 radical (unpaired) electrons. The third kappa shape index (κ3) is 2.72. The number of hydrogen-bond donors (Lipinski definition) is 2. The molecule has 0 aliphatic heterocycles. The van der Waals surface area contributed by atoms with E-state index in [4.69, 9.17) is 0 Å². The van der Waals surface area contributed by atoms with Gasteiger partial charge >= 0.3 is 0 Å². The van der Waals surface area contributed by atoms with E-state index in [0.717, 1.165) is 16.5 Å². The molecule has 4 nitrogen and oxygen atoms in total. The molecule has 2 N–H and O–H groups in total. The number of aromatic amines is 1. The number of aromatic nitrogens is 2. The van der Waals surface area contributed by atoms with Crippen molar-refractivity contribution in [1.29, 1.82) is 0 Å². The molecular weight excluding hydrogens is 318 g/mol. The number of para-hydroxylation sites is 1. The number of amides is 1. The fraction of sp³-hybridized carbons (Fsp3) is 0.0667. The number of H-pyrrole nitrogens is 1. The van der Waals surface area contributed by atoms with Gasteiger partial charge in [0.25, 0.3) is 0 Å². The van der Waals surface area contributed by atoms with Crippen molar-refractivity contribution in [3.63, 3.8) is 0 Å². The Morgan fingerprint density at radius 3 is 2.90 bits per heavy atom. The number of nitrogens with one attached hydrogen (secondary N) is 2. The van der Waals surface area contributed by atoms with Crippen molar-refractivity contribution in [2.45, 2.75) is 6.42 Å². The van der Waals surface area contributed by atoms with E-state index in [1.807, 2.05) is 42.6 Å². The van der Waals surface area contributed by atoms with Crippen LogP contribution >= 0.6 is 15.9 Å². The molecule has 2 aromatic heterocycles. The van der Waals surface area contributed by atoms with Crippen LogP contribution in [0.4, 0.5) is 5.82 Å². The predicted octanol–water partition coefficient (Wildman–Crippen LogP) is 3.51. The van der Waals surface area contributed by atoms with Crippen molar-refractivity contribution in [2.75, 3.05) is 5.32 Å². The summed E-state index contributed by atoms with van der Waals surface area (Å²) in [6.07, 6.45) is 2.19. The number of rotatable bonds is 3. The van der Waals surface area contributed by atoms with E-state index in [0.29, 0.717) is 16.8 Å². The van der Waals surface area contributed by atoms with Gasteiger partial charge in [0.1, 0.15) is 10.4 Å². The summed E-state index contributed by atoms with van der Waals surface area (Å²) in [6, 6.07) is 13.3. The van der Waals surface area contributed by atoms with Crippen LogP contribution in [0.1, 0.15) is 5.56 Å². The number of carbonyl (C=O) groups excluding carboxylic acids is 1. The zero-order valence-corrected chi connectivity index (χ0v) is 12.1. The summed E-state index contributed by atoms with van der Waals surface area (Å²) in [5.41, 5.74) is 2.02. The second-order valence-corrected chi connectivity index (χ2v) is 5.24. The summed E-state index contributed by atoms with van der Waals surface area (Å²) in [5, 5.41) is 3.87. The second-order valence-electron chi connectivity index (χ2n) is 4.43. The maximum absolute atomic E-state index is 12.1. The maximum Gasteiger partial charge on any atom is 0.230 e. The molecule has 0 aliphatic rings. The van der Waals surface area contributed by atoms with E-state index in [2.05, 4.69) is 31.2 Å². The lowest BCUT2D eigenvalue weighted by Gasteiger charge is -2.04. The number of carbonyl (C=O) groups is 1. The van der Waals surface area contributed by atoms with E-state index in [1.165, 1.54) is 0 Å². The molecule has 20 heavy (non-hydrogen) atoms.